The van der Waals surface area contributed by atoms with Gasteiger partial charge in [-0.2, -0.15) is 8.42 Å². The zero-order valence-corrected chi connectivity index (χ0v) is 14.6. The molecule has 0 saturated carbocycles. The Kier molecular flexibility index (Phi) is 4.67. The molecule has 1 aliphatic rings. The van der Waals surface area contributed by atoms with Gasteiger partial charge in [-0.05, 0) is 50.3 Å². The van der Waals surface area contributed by atoms with Gasteiger partial charge in [0.15, 0.2) is 0 Å². The molecule has 1 aliphatic heterocycles. The summed E-state index contributed by atoms with van der Waals surface area (Å²) in [6.45, 7) is 1.04. The van der Waals surface area contributed by atoms with E-state index in [2.05, 4.69) is 5.32 Å². The van der Waals surface area contributed by atoms with E-state index >= 15 is 0 Å². The monoisotopic (exact) mass is 369 g/mol. The van der Waals surface area contributed by atoms with Crippen molar-refractivity contribution in [3.63, 3.8) is 0 Å². The topological polar surface area (TPSA) is 52.6 Å². The van der Waals surface area contributed by atoms with Gasteiger partial charge in [-0.15, -0.1) is 0 Å². The first-order valence-corrected chi connectivity index (χ1v) is 9.26. The van der Waals surface area contributed by atoms with E-state index in [0.29, 0.717) is 30.9 Å². The van der Waals surface area contributed by atoms with Crippen molar-refractivity contribution >= 4 is 38.9 Å². The van der Waals surface area contributed by atoms with Gasteiger partial charge in [0, 0.05) is 6.54 Å². The number of anilines is 3. The standard InChI is InChI=1S/C16H17ClFN3O2S/c1-19-9-4-10-20-15-5-2-3-6-16(15)21(24(20,22)23)14-8-7-12(18)11-13(14)17/h2-3,5-8,11,19H,4,9-10H2,1H3. The molecule has 0 bridgehead atoms. The second kappa shape index (κ2) is 6.58. The molecule has 2 aromatic carbocycles. The van der Waals surface area contributed by atoms with Crippen LogP contribution in [-0.4, -0.2) is 28.6 Å². The Labute approximate surface area is 145 Å². The number of para-hydroxylation sites is 2. The molecule has 0 amide bonds. The van der Waals surface area contributed by atoms with E-state index in [9.17, 15) is 12.8 Å². The summed E-state index contributed by atoms with van der Waals surface area (Å²) in [5.41, 5.74) is 1.34. The van der Waals surface area contributed by atoms with Crippen molar-refractivity contribution in [3.8, 4) is 0 Å². The Morgan fingerprint density at radius 2 is 1.83 bits per heavy atom. The minimum Gasteiger partial charge on any atom is -0.320 e. The quantitative estimate of drug-likeness (QED) is 0.823. The van der Waals surface area contributed by atoms with Crippen molar-refractivity contribution < 1.29 is 12.8 Å². The molecular weight excluding hydrogens is 353 g/mol. The number of benzene rings is 2. The van der Waals surface area contributed by atoms with Crippen LogP contribution < -0.4 is 13.9 Å². The Morgan fingerprint density at radius 3 is 2.50 bits per heavy atom. The highest BCUT2D eigenvalue weighted by Crippen LogP contribution is 2.47. The first kappa shape index (κ1) is 17.0. The molecule has 1 N–H and O–H groups in total. The maximum atomic E-state index is 13.3. The number of hydrogen-bond donors (Lipinski definition) is 1. The molecule has 0 spiro atoms. The summed E-state index contributed by atoms with van der Waals surface area (Å²) in [6, 6.07) is 10.7. The third-order valence-electron chi connectivity index (χ3n) is 3.79. The lowest BCUT2D eigenvalue weighted by Gasteiger charge is -2.22. The molecule has 24 heavy (non-hydrogen) atoms. The molecule has 0 fully saturated rings. The summed E-state index contributed by atoms with van der Waals surface area (Å²) in [5, 5.41) is 3.05. The molecule has 3 rings (SSSR count). The second-order valence-corrected chi connectivity index (χ2v) is 7.49. The largest absolute Gasteiger partial charge is 0.331 e. The summed E-state index contributed by atoms with van der Waals surface area (Å²) < 4.78 is 42.0. The SMILES string of the molecule is CNCCCN1c2ccccc2N(c2ccc(F)cc2Cl)S1(=O)=O. The molecule has 128 valence electrons. The molecule has 0 saturated heterocycles. The molecule has 1 heterocycles. The third-order valence-corrected chi connectivity index (χ3v) is 5.89. The maximum absolute atomic E-state index is 13.3. The third kappa shape index (κ3) is 2.83. The smallest absolute Gasteiger partial charge is 0.320 e. The normalized spacial score (nSPS) is 15.6. The lowest BCUT2D eigenvalue weighted by Crippen LogP contribution is -2.36. The van der Waals surface area contributed by atoms with Gasteiger partial charge >= 0.3 is 10.2 Å². The molecule has 0 aliphatic carbocycles. The van der Waals surface area contributed by atoms with Crippen LogP contribution in [0.1, 0.15) is 6.42 Å². The van der Waals surface area contributed by atoms with Crippen molar-refractivity contribution in [2.75, 3.05) is 28.7 Å². The number of rotatable bonds is 5. The molecule has 8 heteroatoms. The summed E-state index contributed by atoms with van der Waals surface area (Å²) in [4.78, 5) is 0. The first-order chi connectivity index (χ1) is 11.5. The zero-order valence-electron chi connectivity index (χ0n) is 13.0. The van der Waals surface area contributed by atoms with E-state index in [4.69, 9.17) is 11.6 Å². The molecule has 0 atom stereocenters. The molecule has 5 nitrogen and oxygen atoms in total. The van der Waals surface area contributed by atoms with Gasteiger partial charge in [0.25, 0.3) is 0 Å². The second-order valence-electron chi connectivity index (χ2n) is 5.39. The van der Waals surface area contributed by atoms with E-state index in [1.54, 1.807) is 24.3 Å². The van der Waals surface area contributed by atoms with Gasteiger partial charge in [0.2, 0.25) is 0 Å². The van der Waals surface area contributed by atoms with Crippen LogP contribution in [0.2, 0.25) is 5.02 Å². The Balaban J connectivity index is 2.10. The first-order valence-electron chi connectivity index (χ1n) is 7.48. The number of hydrogen-bond acceptors (Lipinski definition) is 3. The Morgan fingerprint density at radius 1 is 1.12 bits per heavy atom. The van der Waals surface area contributed by atoms with Crippen molar-refractivity contribution in [2.24, 2.45) is 0 Å². The van der Waals surface area contributed by atoms with E-state index in [-0.39, 0.29) is 10.7 Å². The lowest BCUT2D eigenvalue weighted by atomic mass is 10.2. The van der Waals surface area contributed by atoms with Gasteiger partial charge in [0.05, 0.1) is 22.1 Å². The van der Waals surface area contributed by atoms with E-state index in [1.165, 1.54) is 20.7 Å². The predicted octanol–water partition coefficient (Wildman–Crippen LogP) is 3.29. The van der Waals surface area contributed by atoms with Crippen molar-refractivity contribution in [1.29, 1.82) is 0 Å². The highest BCUT2D eigenvalue weighted by molar-refractivity contribution is 7.95. The van der Waals surface area contributed by atoms with Crippen molar-refractivity contribution in [1.82, 2.24) is 5.32 Å². The fourth-order valence-electron chi connectivity index (χ4n) is 2.73. The summed E-state index contributed by atoms with van der Waals surface area (Å²) in [5.74, 6) is -0.514. The average molecular weight is 370 g/mol. The van der Waals surface area contributed by atoms with Crippen LogP contribution in [0.25, 0.3) is 0 Å². The Bertz CT molecular complexity index is 860. The Hall–Kier alpha value is -1.83. The van der Waals surface area contributed by atoms with Crippen molar-refractivity contribution in [2.45, 2.75) is 6.42 Å². The summed E-state index contributed by atoms with van der Waals surface area (Å²) >= 11 is 6.10. The maximum Gasteiger partial charge on any atom is 0.331 e. The van der Waals surface area contributed by atoms with Gasteiger partial charge in [0.1, 0.15) is 5.82 Å². The fraction of sp³-hybridized carbons (Fsp3) is 0.250. The molecule has 0 unspecified atom stereocenters. The average Bonchev–Trinajstić information content (AvgIpc) is 2.76. The summed E-state index contributed by atoms with van der Waals surface area (Å²) in [6.07, 6.45) is 0.662. The van der Waals surface area contributed by atoms with Crippen LogP contribution in [0.3, 0.4) is 0 Å². The highest BCUT2D eigenvalue weighted by Gasteiger charge is 2.41. The molecule has 0 aromatic heterocycles. The van der Waals surface area contributed by atoms with Crippen LogP contribution in [0.4, 0.5) is 21.5 Å². The summed E-state index contributed by atoms with van der Waals surface area (Å²) in [7, 11) is -2.01. The van der Waals surface area contributed by atoms with Gasteiger partial charge in [-0.25, -0.2) is 8.70 Å². The molecule has 2 aromatic rings. The minimum atomic E-state index is -3.82. The van der Waals surface area contributed by atoms with Gasteiger partial charge in [-0.1, -0.05) is 23.7 Å². The highest BCUT2D eigenvalue weighted by atomic mass is 35.5. The van der Waals surface area contributed by atoms with Gasteiger partial charge in [-0.3, -0.25) is 4.31 Å². The van der Waals surface area contributed by atoms with Crippen LogP contribution >= 0.6 is 11.6 Å². The van der Waals surface area contributed by atoms with Crippen LogP contribution in [0, 0.1) is 5.82 Å². The minimum absolute atomic E-state index is 0.0467. The number of halogens is 2. The van der Waals surface area contributed by atoms with Crippen LogP contribution in [0.15, 0.2) is 42.5 Å². The van der Waals surface area contributed by atoms with Crippen LogP contribution in [-0.2, 0) is 10.2 Å². The van der Waals surface area contributed by atoms with E-state index < -0.39 is 16.0 Å². The van der Waals surface area contributed by atoms with Crippen molar-refractivity contribution in [3.05, 3.63) is 53.3 Å². The van der Waals surface area contributed by atoms with Gasteiger partial charge < -0.3 is 5.32 Å². The fourth-order valence-corrected chi connectivity index (χ4v) is 4.80. The lowest BCUT2D eigenvalue weighted by molar-refractivity contribution is 0.591. The van der Waals surface area contributed by atoms with E-state index in [0.717, 1.165) is 6.07 Å². The molecular formula is C16H17ClFN3O2S. The molecule has 0 radical (unpaired) electrons. The predicted molar refractivity (Wildman–Crippen MR) is 94.8 cm³/mol. The zero-order chi connectivity index (χ0) is 17.3. The number of nitrogens with one attached hydrogen (secondary N) is 1. The van der Waals surface area contributed by atoms with Crippen LogP contribution in [0.5, 0.6) is 0 Å². The number of fused-ring (bicyclic) bond motifs is 1. The number of nitrogens with zero attached hydrogens (tertiary/aromatic N) is 2. The van der Waals surface area contributed by atoms with E-state index in [1.807, 2.05) is 7.05 Å².